The first kappa shape index (κ1) is 17.0. The monoisotopic (exact) mass is 304 g/mol. The quantitative estimate of drug-likeness (QED) is 0.581. The molecule has 1 aliphatic carbocycles. The van der Waals surface area contributed by atoms with E-state index in [1.165, 1.54) is 37.7 Å². The highest BCUT2D eigenvalue weighted by Gasteiger charge is 2.25. The normalized spacial score (nSPS) is 16.3. The van der Waals surface area contributed by atoms with Crippen molar-refractivity contribution in [2.24, 2.45) is 0 Å². The second kappa shape index (κ2) is 7.28. The summed E-state index contributed by atoms with van der Waals surface area (Å²) in [6.07, 6.45) is 6.38. The van der Waals surface area contributed by atoms with Gasteiger partial charge in [-0.3, -0.25) is 4.89 Å². The van der Waals surface area contributed by atoms with Crippen molar-refractivity contribution in [3.8, 4) is 0 Å². The van der Waals surface area contributed by atoms with E-state index in [4.69, 9.17) is 5.26 Å². The van der Waals surface area contributed by atoms with Gasteiger partial charge in [0, 0.05) is 0 Å². The second-order valence-corrected chi connectivity index (χ2v) is 7.10. The minimum atomic E-state index is -0.636. The molecule has 0 aromatic heterocycles. The van der Waals surface area contributed by atoms with E-state index in [1.807, 2.05) is 0 Å². The molecule has 1 aliphatic rings. The third kappa shape index (κ3) is 3.52. The Morgan fingerprint density at radius 2 is 1.55 bits per heavy atom. The Morgan fingerprint density at radius 1 is 1.05 bits per heavy atom. The van der Waals surface area contributed by atoms with E-state index in [1.54, 1.807) is 0 Å². The van der Waals surface area contributed by atoms with Gasteiger partial charge in [-0.25, -0.2) is 4.79 Å². The standard InChI is InChI=1S/C19H28O3/c1-12(2)16-10-15(14-8-6-5-7-9-14)11-17(13(3)4)18(16)19(20)22-21/h10-14,21H,5-9H2,1-4H3. The first-order valence-corrected chi connectivity index (χ1v) is 8.49. The predicted molar refractivity (Wildman–Crippen MR) is 88.5 cm³/mol. The summed E-state index contributed by atoms with van der Waals surface area (Å²) in [5.74, 6) is 0.399. The average Bonchev–Trinajstić information content (AvgIpc) is 2.53. The van der Waals surface area contributed by atoms with Crippen LogP contribution in [0.4, 0.5) is 0 Å². The summed E-state index contributed by atoms with van der Waals surface area (Å²) in [6.45, 7) is 8.33. The van der Waals surface area contributed by atoms with Crippen molar-refractivity contribution in [3.63, 3.8) is 0 Å². The van der Waals surface area contributed by atoms with Gasteiger partial charge in [-0.2, -0.15) is 5.26 Å². The molecule has 1 fully saturated rings. The Bertz CT molecular complexity index is 496. The van der Waals surface area contributed by atoms with Gasteiger partial charge in [0.25, 0.3) is 0 Å². The number of hydrogen-bond donors (Lipinski definition) is 1. The maximum Gasteiger partial charge on any atom is 0.373 e. The molecular formula is C19H28O3. The van der Waals surface area contributed by atoms with Gasteiger partial charge in [-0.05, 0) is 47.3 Å². The van der Waals surface area contributed by atoms with E-state index < -0.39 is 5.97 Å². The van der Waals surface area contributed by atoms with Gasteiger partial charge in [-0.15, -0.1) is 0 Å². The summed E-state index contributed by atoms with van der Waals surface area (Å²) in [4.78, 5) is 16.1. The van der Waals surface area contributed by atoms with Crippen molar-refractivity contribution < 1.29 is 14.9 Å². The number of benzene rings is 1. The topological polar surface area (TPSA) is 46.5 Å². The van der Waals surface area contributed by atoms with Crippen molar-refractivity contribution in [2.75, 3.05) is 0 Å². The lowest BCUT2D eigenvalue weighted by Crippen LogP contribution is -2.15. The fourth-order valence-electron chi connectivity index (χ4n) is 3.58. The van der Waals surface area contributed by atoms with Crippen molar-refractivity contribution >= 4 is 5.97 Å². The highest BCUT2D eigenvalue weighted by Crippen LogP contribution is 2.37. The van der Waals surface area contributed by atoms with Crippen LogP contribution in [0.15, 0.2) is 12.1 Å². The minimum Gasteiger partial charge on any atom is -0.295 e. The van der Waals surface area contributed by atoms with Crippen molar-refractivity contribution in [1.29, 1.82) is 0 Å². The molecule has 2 rings (SSSR count). The number of rotatable bonds is 4. The zero-order valence-corrected chi connectivity index (χ0v) is 14.2. The fraction of sp³-hybridized carbons (Fsp3) is 0.632. The Labute approximate surface area is 133 Å². The van der Waals surface area contributed by atoms with E-state index >= 15 is 0 Å². The van der Waals surface area contributed by atoms with Crippen LogP contribution in [-0.2, 0) is 4.89 Å². The van der Waals surface area contributed by atoms with E-state index in [0.717, 1.165) is 11.1 Å². The molecular weight excluding hydrogens is 276 g/mol. The van der Waals surface area contributed by atoms with Gasteiger partial charge in [0.1, 0.15) is 0 Å². The van der Waals surface area contributed by atoms with Crippen LogP contribution in [-0.4, -0.2) is 11.2 Å². The van der Waals surface area contributed by atoms with Crippen molar-refractivity contribution in [3.05, 3.63) is 34.4 Å². The first-order chi connectivity index (χ1) is 10.5. The third-order valence-electron chi connectivity index (χ3n) is 4.83. The van der Waals surface area contributed by atoms with E-state index in [-0.39, 0.29) is 11.8 Å². The Morgan fingerprint density at radius 3 is 1.95 bits per heavy atom. The molecule has 3 heteroatoms. The van der Waals surface area contributed by atoms with Gasteiger partial charge in [-0.1, -0.05) is 59.1 Å². The van der Waals surface area contributed by atoms with Crippen molar-refractivity contribution in [2.45, 2.75) is 77.6 Å². The van der Waals surface area contributed by atoms with E-state index in [0.29, 0.717) is 11.5 Å². The molecule has 0 spiro atoms. The Hall–Kier alpha value is -1.35. The predicted octanol–water partition coefficient (Wildman–Crippen LogP) is 5.61. The zero-order chi connectivity index (χ0) is 16.3. The molecule has 22 heavy (non-hydrogen) atoms. The molecule has 0 radical (unpaired) electrons. The Balaban J connectivity index is 2.56. The summed E-state index contributed by atoms with van der Waals surface area (Å²) < 4.78 is 0. The third-order valence-corrected chi connectivity index (χ3v) is 4.83. The van der Waals surface area contributed by atoms with Crippen LogP contribution in [0.5, 0.6) is 0 Å². The molecule has 1 aromatic carbocycles. The smallest absolute Gasteiger partial charge is 0.295 e. The maximum absolute atomic E-state index is 12.1. The molecule has 0 bridgehead atoms. The highest BCUT2D eigenvalue weighted by molar-refractivity contribution is 5.93. The molecule has 0 heterocycles. The SMILES string of the molecule is CC(C)c1cc(C2CCCCC2)cc(C(C)C)c1C(=O)OO. The molecule has 3 nitrogen and oxygen atoms in total. The lowest BCUT2D eigenvalue weighted by Gasteiger charge is -2.26. The Kier molecular flexibility index (Phi) is 5.63. The van der Waals surface area contributed by atoms with Crippen LogP contribution in [0.1, 0.15) is 105 Å². The fourth-order valence-corrected chi connectivity index (χ4v) is 3.58. The maximum atomic E-state index is 12.1. The number of carbonyl (C=O) groups is 1. The lowest BCUT2D eigenvalue weighted by atomic mass is 9.79. The summed E-state index contributed by atoms with van der Waals surface area (Å²) in [6, 6.07) is 4.33. The van der Waals surface area contributed by atoms with Gasteiger partial charge >= 0.3 is 5.97 Å². The molecule has 0 unspecified atom stereocenters. The number of carbonyl (C=O) groups excluding carboxylic acids is 1. The first-order valence-electron chi connectivity index (χ1n) is 8.49. The van der Waals surface area contributed by atoms with E-state index in [2.05, 4.69) is 44.7 Å². The molecule has 1 aromatic rings. The minimum absolute atomic E-state index is 0.218. The molecule has 1 saturated carbocycles. The second-order valence-electron chi connectivity index (χ2n) is 7.10. The van der Waals surface area contributed by atoms with Gasteiger partial charge < -0.3 is 0 Å². The molecule has 0 atom stereocenters. The van der Waals surface area contributed by atoms with Crippen molar-refractivity contribution in [1.82, 2.24) is 0 Å². The van der Waals surface area contributed by atoms with Crippen LogP contribution >= 0.6 is 0 Å². The zero-order valence-electron chi connectivity index (χ0n) is 14.2. The summed E-state index contributed by atoms with van der Waals surface area (Å²) in [7, 11) is 0. The highest BCUT2D eigenvalue weighted by atomic mass is 17.1. The van der Waals surface area contributed by atoms with Crippen LogP contribution in [0.25, 0.3) is 0 Å². The largest absolute Gasteiger partial charge is 0.373 e. The van der Waals surface area contributed by atoms with Gasteiger partial charge in [0.15, 0.2) is 0 Å². The van der Waals surface area contributed by atoms with Crippen LogP contribution in [0, 0.1) is 0 Å². The summed E-state index contributed by atoms with van der Waals surface area (Å²) in [5, 5.41) is 8.87. The molecule has 122 valence electrons. The van der Waals surface area contributed by atoms with Crippen LogP contribution < -0.4 is 0 Å². The van der Waals surface area contributed by atoms with Crippen LogP contribution in [0.2, 0.25) is 0 Å². The van der Waals surface area contributed by atoms with Gasteiger partial charge in [0.05, 0.1) is 5.56 Å². The molecule has 0 amide bonds. The molecule has 0 saturated heterocycles. The average molecular weight is 304 g/mol. The van der Waals surface area contributed by atoms with Gasteiger partial charge in [0.2, 0.25) is 0 Å². The molecule has 0 aliphatic heterocycles. The van der Waals surface area contributed by atoms with E-state index in [9.17, 15) is 4.79 Å². The lowest BCUT2D eigenvalue weighted by molar-refractivity contribution is -0.183. The molecule has 1 N–H and O–H groups in total. The number of hydrogen-bond acceptors (Lipinski definition) is 3. The summed E-state index contributed by atoms with van der Waals surface area (Å²) >= 11 is 0. The van der Waals surface area contributed by atoms with Crippen LogP contribution in [0.3, 0.4) is 0 Å². The summed E-state index contributed by atoms with van der Waals surface area (Å²) in [5.41, 5.74) is 3.88.